The van der Waals surface area contributed by atoms with Crippen molar-refractivity contribution in [2.45, 2.75) is 32.2 Å². The highest BCUT2D eigenvalue weighted by atomic mass is 16.2. The summed E-state index contributed by atoms with van der Waals surface area (Å²) < 4.78 is 1.33. The van der Waals surface area contributed by atoms with Gasteiger partial charge in [0.2, 0.25) is 5.91 Å². The van der Waals surface area contributed by atoms with E-state index in [9.17, 15) is 9.59 Å². The summed E-state index contributed by atoms with van der Waals surface area (Å²) in [4.78, 5) is 27.1. The first-order valence-electron chi connectivity index (χ1n) is 8.57. The van der Waals surface area contributed by atoms with E-state index < -0.39 is 0 Å². The van der Waals surface area contributed by atoms with Crippen LogP contribution in [0.4, 0.5) is 0 Å². The minimum atomic E-state index is -0.132. The molecule has 1 N–H and O–H groups in total. The summed E-state index contributed by atoms with van der Waals surface area (Å²) >= 11 is 0. The van der Waals surface area contributed by atoms with E-state index in [4.69, 9.17) is 0 Å². The van der Waals surface area contributed by atoms with E-state index in [-0.39, 0.29) is 23.9 Å². The lowest BCUT2D eigenvalue weighted by molar-refractivity contribution is -0.132. The van der Waals surface area contributed by atoms with Crippen molar-refractivity contribution in [3.63, 3.8) is 0 Å². The fourth-order valence-corrected chi connectivity index (χ4v) is 3.41. The van der Waals surface area contributed by atoms with Crippen LogP contribution in [0.25, 0.3) is 10.8 Å². The maximum absolute atomic E-state index is 12.9. The third kappa shape index (κ3) is 3.19. The predicted molar refractivity (Wildman–Crippen MR) is 94.0 cm³/mol. The average Bonchev–Trinajstić information content (AvgIpc) is 3.11. The van der Waals surface area contributed by atoms with Gasteiger partial charge in [-0.3, -0.25) is 9.59 Å². The molecule has 1 aromatic carbocycles. The van der Waals surface area contributed by atoms with E-state index in [0.29, 0.717) is 11.1 Å². The largest absolute Gasteiger partial charge is 0.338 e. The minimum Gasteiger partial charge on any atom is -0.338 e. The van der Waals surface area contributed by atoms with Crippen LogP contribution in [-0.2, 0) is 18.3 Å². The molecule has 6 heteroatoms. The Balaban J connectivity index is 1.92. The quantitative estimate of drug-likeness (QED) is 0.892. The number of benzene rings is 1. The molecule has 6 nitrogen and oxygen atoms in total. The smallest absolute Gasteiger partial charge is 0.274 e. The Labute approximate surface area is 141 Å². The first-order valence-corrected chi connectivity index (χ1v) is 8.57. The number of amides is 1. The summed E-state index contributed by atoms with van der Waals surface area (Å²) in [5.74, 6) is 0.0850. The molecule has 1 fully saturated rings. The highest BCUT2D eigenvalue weighted by molar-refractivity contribution is 5.88. The zero-order chi connectivity index (χ0) is 17.1. The summed E-state index contributed by atoms with van der Waals surface area (Å²) in [5, 5.41) is 9.06. The summed E-state index contributed by atoms with van der Waals surface area (Å²) in [6, 6.07) is 7.63. The molecule has 3 rings (SSSR count). The maximum atomic E-state index is 12.9. The lowest BCUT2D eigenvalue weighted by Crippen LogP contribution is -2.43. The fraction of sp³-hybridized carbons (Fsp3) is 0.500. The molecular formula is C18H24N4O2. The van der Waals surface area contributed by atoms with Crippen LogP contribution in [0, 0.1) is 0 Å². The van der Waals surface area contributed by atoms with Crippen molar-refractivity contribution < 1.29 is 4.79 Å². The summed E-state index contributed by atoms with van der Waals surface area (Å²) in [6.45, 7) is 4.66. The van der Waals surface area contributed by atoms with Crippen LogP contribution in [0.2, 0.25) is 0 Å². The molecule has 1 saturated heterocycles. The number of rotatable bonds is 5. The molecule has 1 aromatic heterocycles. The number of aryl methyl sites for hydroxylation is 1. The summed E-state index contributed by atoms with van der Waals surface area (Å²) in [7, 11) is 1.63. The maximum Gasteiger partial charge on any atom is 0.274 e. The Morgan fingerprint density at radius 2 is 2.12 bits per heavy atom. The standard InChI is InChI=1S/C18H24N4O2/c1-3-10-22(13-8-9-19-12-13)17(23)11-16-14-6-4-5-7-15(14)18(24)21(2)20-16/h4-7,13,19H,3,8-12H2,1-2H3. The second kappa shape index (κ2) is 7.13. The number of nitrogens with one attached hydrogen (secondary N) is 1. The highest BCUT2D eigenvalue weighted by Gasteiger charge is 2.26. The Hall–Kier alpha value is -2.21. The van der Waals surface area contributed by atoms with Crippen LogP contribution < -0.4 is 10.9 Å². The third-order valence-corrected chi connectivity index (χ3v) is 4.61. The van der Waals surface area contributed by atoms with E-state index in [0.717, 1.165) is 37.9 Å². The van der Waals surface area contributed by atoms with Gasteiger partial charge >= 0.3 is 0 Å². The van der Waals surface area contributed by atoms with E-state index in [1.54, 1.807) is 13.1 Å². The molecule has 2 aromatic rings. The zero-order valence-corrected chi connectivity index (χ0v) is 14.3. The molecule has 1 amide bonds. The molecule has 128 valence electrons. The molecule has 2 heterocycles. The Morgan fingerprint density at radius 1 is 1.38 bits per heavy atom. The van der Waals surface area contributed by atoms with Gasteiger partial charge in [0, 0.05) is 31.6 Å². The van der Waals surface area contributed by atoms with Crippen molar-refractivity contribution in [2.75, 3.05) is 19.6 Å². The number of hydrogen-bond donors (Lipinski definition) is 1. The van der Waals surface area contributed by atoms with Gasteiger partial charge in [0.15, 0.2) is 0 Å². The minimum absolute atomic E-state index is 0.0850. The molecule has 1 unspecified atom stereocenters. The Kier molecular flexibility index (Phi) is 4.94. The SMILES string of the molecule is CCCN(C(=O)Cc1nn(C)c(=O)c2ccccc12)C1CCNC1. The van der Waals surface area contributed by atoms with E-state index in [1.165, 1.54) is 4.68 Å². The lowest BCUT2D eigenvalue weighted by atomic mass is 10.1. The molecule has 0 spiro atoms. The molecular weight excluding hydrogens is 304 g/mol. The monoisotopic (exact) mass is 328 g/mol. The number of hydrogen-bond acceptors (Lipinski definition) is 4. The van der Waals surface area contributed by atoms with Crippen LogP contribution in [-0.4, -0.2) is 46.3 Å². The van der Waals surface area contributed by atoms with Crippen LogP contribution in [0.3, 0.4) is 0 Å². The van der Waals surface area contributed by atoms with Gasteiger partial charge in [-0.05, 0) is 25.5 Å². The summed E-state index contributed by atoms with van der Waals surface area (Å²) in [5.41, 5.74) is 0.539. The van der Waals surface area contributed by atoms with Crippen LogP contribution in [0.1, 0.15) is 25.5 Å². The van der Waals surface area contributed by atoms with Gasteiger partial charge in [-0.25, -0.2) is 4.68 Å². The molecule has 0 aliphatic carbocycles. The number of aromatic nitrogens is 2. The van der Waals surface area contributed by atoms with Crippen LogP contribution in [0.5, 0.6) is 0 Å². The molecule has 1 aliphatic rings. The molecule has 1 atom stereocenters. The Morgan fingerprint density at radius 3 is 2.79 bits per heavy atom. The number of carbonyl (C=O) groups excluding carboxylic acids is 1. The number of nitrogens with zero attached hydrogens (tertiary/aromatic N) is 3. The third-order valence-electron chi connectivity index (χ3n) is 4.61. The van der Waals surface area contributed by atoms with Gasteiger partial charge in [-0.2, -0.15) is 5.10 Å². The first kappa shape index (κ1) is 16.6. The van der Waals surface area contributed by atoms with Gasteiger partial charge in [-0.1, -0.05) is 25.1 Å². The lowest BCUT2D eigenvalue weighted by Gasteiger charge is -2.28. The van der Waals surface area contributed by atoms with Crippen molar-refractivity contribution in [3.8, 4) is 0 Å². The van der Waals surface area contributed by atoms with Crippen molar-refractivity contribution in [3.05, 3.63) is 40.3 Å². The predicted octanol–water partition coefficient (Wildman–Crippen LogP) is 1.08. The second-order valence-electron chi connectivity index (χ2n) is 6.33. The van der Waals surface area contributed by atoms with Crippen molar-refractivity contribution >= 4 is 16.7 Å². The van der Waals surface area contributed by atoms with Gasteiger partial charge in [0.05, 0.1) is 17.5 Å². The van der Waals surface area contributed by atoms with Crippen LogP contribution in [0.15, 0.2) is 29.1 Å². The summed E-state index contributed by atoms with van der Waals surface area (Å²) in [6.07, 6.45) is 2.15. The average molecular weight is 328 g/mol. The van der Waals surface area contributed by atoms with Gasteiger partial charge in [0.1, 0.15) is 0 Å². The Bertz CT molecular complexity index is 793. The molecule has 0 radical (unpaired) electrons. The van der Waals surface area contributed by atoms with E-state index >= 15 is 0 Å². The molecule has 0 saturated carbocycles. The van der Waals surface area contributed by atoms with Gasteiger partial charge in [0.25, 0.3) is 5.56 Å². The molecule has 1 aliphatic heterocycles. The van der Waals surface area contributed by atoms with Crippen molar-refractivity contribution in [1.29, 1.82) is 0 Å². The molecule has 24 heavy (non-hydrogen) atoms. The zero-order valence-electron chi connectivity index (χ0n) is 14.3. The van der Waals surface area contributed by atoms with Crippen LogP contribution >= 0.6 is 0 Å². The first-order chi connectivity index (χ1) is 11.6. The van der Waals surface area contributed by atoms with Gasteiger partial charge in [-0.15, -0.1) is 0 Å². The number of fused-ring (bicyclic) bond motifs is 1. The normalized spacial score (nSPS) is 17.3. The van der Waals surface area contributed by atoms with E-state index in [1.807, 2.05) is 23.1 Å². The fourth-order valence-electron chi connectivity index (χ4n) is 3.41. The number of carbonyl (C=O) groups is 1. The second-order valence-corrected chi connectivity index (χ2v) is 6.33. The van der Waals surface area contributed by atoms with Crippen molar-refractivity contribution in [2.24, 2.45) is 7.05 Å². The van der Waals surface area contributed by atoms with E-state index in [2.05, 4.69) is 17.3 Å². The molecule has 0 bridgehead atoms. The topological polar surface area (TPSA) is 67.2 Å². The highest BCUT2D eigenvalue weighted by Crippen LogP contribution is 2.16. The van der Waals surface area contributed by atoms with Crippen molar-refractivity contribution in [1.82, 2.24) is 20.0 Å². The van der Waals surface area contributed by atoms with Gasteiger partial charge < -0.3 is 10.2 Å².